The summed E-state index contributed by atoms with van der Waals surface area (Å²) < 4.78 is 33.7. The lowest BCUT2D eigenvalue weighted by atomic mass is 10.1. The molecule has 2 amide bonds. The molecule has 12 heteroatoms. The fraction of sp³-hybridized carbons (Fsp3) is 0.333. The maximum atomic E-state index is 14.0. The van der Waals surface area contributed by atoms with Gasteiger partial charge in [-0.3, -0.25) is 24.0 Å². The van der Waals surface area contributed by atoms with Crippen molar-refractivity contribution in [3.05, 3.63) is 94.5 Å². The van der Waals surface area contributed by atoms with E-state index in [1.807, 2.05) is 0 Å². The normalized spacial score (nSPS) is 14.1. The van der Waals surface area contributed by atoms with Gasteiger partial charge in [-0.1, -0.05) is 43.2 Å². The molecule has 4 rings (SSSR count). The molecule has 0 unspecified atom stereocenters. The van der Waals surface area contributed by atoms with Gasteiger partial charge in [0, 0.05) is 24.7 Å². The van der Waals surface area contributed by atoms with E-state index in [-0.39, 0.29) is 34.8 Å². The zero-order valence-electron chi connectivity index (χ0n) is 23.5. The van der Waals surface area contributed by atoms with E-state index in [2.05, 4.69) is 5.32 Å². The summed E-state index contributed by atoms with van der Waals surface area (Å²) in [5.74, 6) is -0.309. The molecule has 0 radical (unpaired) electrons. The number of nitrogens with one attached hydrogen (secondary N) is 1. The number of nitrogens with zero attached hydrogens (tertiary/aromatic N) is 3. The minimum Gasteiger partial charge on any atom is -0.497 e. The van der Waals surface area contributed by atoms with Crippen molar-refractivity contribution in [3.8, 4) is 5.75 Å². The van der Waals surface area contributed by atoms with E-state index in [0.717, 1.165) is 35.6 Å². The predicted octanol–water partition coefficient (Wildman–Crippen LogP) is 4.27. The van der Waals surface area contributed by atoms with Crippen molar-refractivity contribution < 1.29 is 27.7 Å². The number of benzene rings is 3. The van der Waals surface area contributed by atoms with Crippen LogP contribution in [0.1, 0.15) is 38.2 Å². The molecule has 3 aromatic carbocycles. The fourth-order valence-electron chi connectivity index (χ4n) is 4.89. The van der Waals surface area contributed by atoms with Crippen molar-refractivity contribution in [2.45, 2.75) is 56.1 Å². The van der Waals surface area contributed by atoms with Crippen LogP contribution in [0.4, 0.5) is 11.4 Å². The lowest BCUT2D eigenvalue weighted by Crippen LogP contribution is -2.52. The van der Waals surface area contributed by atoms with Crippen molar-refractivity contribution in [2.24, 2.45) is 0 Å². The van der Waals surface area contributed by atoms with Gasteiger partial charge in [0.15, 0.2) is 0 Å². The number of nitro benzene ring substituents is 1. The van der Waals surface area contributed by atoms with Gasteiger partial charge in [-0.05, 0) is 61.7 Å². The maximum Gasteiger partial charge on any atom is 0.269 e. The Kier molecular flexibility index (Phi) is 9.79. The molecule has 11 nitrogen and oxygen atoms in total. The number of carbonyl (C=O) groups excluding carboxylic acids is 2. The molecule has 42 heavy (non-hydrogen) atoms. The van der Waals surface area contributed by atoms with Crippen LogP contribution in [0.15, 0.2) is 83.8 Å². The van der Waals surface area contributed by atoms with E-state index in [4.69, 9.17) is 4.74 Å². The highest BCUT2D eigenvalue weighted by Crippen LogP contribution is 2.27. The van der Waals surface area contributed by atoms with Gasteiger partial charge >= 0.3 is 0 Å². The summed E-state index contributed by atoms with van der Waals surface area (Å²) in [5.41, 5.74) is 0.572. The van der Waals surface area contributed by atoms with Crippen LogP contribution in [0.5, 0.6) is 5.75 Å². The molecule has 1 atom stereocenters. The van der Waals surface area contributed by atoms with Crippen molar-refractivity contribution in [1.82, 2.24) is 10.2 Å². The first kappa shape index (κ1) is 30.5. The standard InChI is InChI=1S/C30H34N4O7S/c1-22(30(36)31-24-8-6-7-9-24)32(20-23-12-18-27(41-2)19-13-23)29(35)21-33(25-14-16-26(17-15-25)34(37)38)42(39,40)28-10-4-3-5-11-28/h3-5,10-19,22,24H,6-9,20-21H2,1-2H3,(H,31,36)/t22-/m1/s1. The Hall–Kier alpha value is -4.45. The third-order valence-corrected chi connectivity index (χ3v) is 9.13. The van der Waals surface area contributed by atoms with Gasteiger partial charge in [0.25, 0.3) is 15.7 Å². The van der Waals surface area contributed by atoms with E-state index >= 15 is 0 Å². The van der Waals surface area contributed by atoms with Gasteiger partial charge in [0.1, 0.15) is 18.3 Å². The molecule has 0 heterocycles. The van der Waals surface area contributed by atoms with Gasteiger partial charge in [-0.15, -0.1) is 0 Å². The average Bonchev–Trinajstić information content (AvgIpc) is 3.52. The zero-order chi connectivity index (χ0) is 30.3. The number of amides is 2. The van der Waals surface area contributed by atoms with E-state index in [0.29, 0.717) is 5.75 Å². The number of carbonyl (C=O) groups is 2. The minimum atomic E-state index is -4.26. The molecular weight excluding hydrogens is 560 g/mol. The topological polar surface area (TPSA) is 139 Å². The summed E-state index contributed by atoms with van der Waals surface area (Å²) in [6.07, 6.45) is 3.78. The number of sulfonamides is 1. The van der Waals surface area contributed by atoms with Crippen LogP contribution in [0.3, 0.4) is 0 Å². The molecule has 1 saturated carbocycles. The Morgan fingerprint density at radius 2 is 1.62 bits per heavy atom. The summed E-state index contributed by atoms with van der Waals surface area (Å²) in [4.78, 5) is 39.2. The first-order valence-electron chi connectivity index (χ1n) is 13.6. The lowest BCUT2D eigenvalue weighted by Gasteiger charge is -2.32. The van der Waals surface area contributed by atoms with Gasteiger partial charge in [-0.2, -0.15) is 0 Å². The van der Waals surface area contributed by atoms with Crippen LogP contribution in [0.25, 0.3) is 0 Å². The summed E-state index contributed by atoms with van der Waals surface area (Å²) in [6, 6.07) is 18.7. The molecule has 0 saturated heterocycles. The minimum absolute atomic E-state index is 0.0351. The SMILES string of the molecule is COc1ccc(CN(C(=O)CN(c2ccc([N+](=O)[O-])cc2)S(=O)(=O)c2ccccc2)[C@H](C)C(=O)NC2CCCC2)cc1. The Morgan fingerprint density at radius 3 is 2.19 bits per heavy atom. The Morgan fingerprint density at radius 1 is 1.00 bits per heavy atom. The number of non-ortho nitro benzene ring substituents is 1. The first-order valence-corrected chi connectivity index (χ1v) is 15.1. The van der Waals surface area contributed by atoms with Crippen molar-refractivity contribution >= 4 is 33.2 Å². The molecular formula is C30H34N4O7S. The van der Waals surface area contributed by atoms with Crippen LogP contribution in [-0.4, -0.2) is 55.8 Å². The molecule has 1 N–H and O–H groups in total. The lowest BCUT2D eigenvalue weighted by molar-refractivity contribution is -0.384. The third kappa shape index (κ3) is 7.24. The van der Waals surface area contributed by atoms with Crippen molar-refractivity contribution in [1.29, 1.82) is 0 Å². The monoisotopic (exact) mass is 594 g/mol. The number of rotatable bonds is 12. The number of methoxy groups -OCH3 is 1. The highest BCUT2D eigenvalue weighted by molar-refractivity contribution is 7.92. The molecule has 1 fully saturated rings. The van der Waals surface area contributed by atoms with E-state index in [1.54, 1.807) is 56.5 Å². The van der Waals surface area contributed by atoms with Crippen LogP contribution in [0, 0.1) is 10.1 Å². The summed E-state index contributed by atoms with van der Waals surface area (Å²) in [7, 11) is -2.72. The molecule has 3 aromatic rings. The Balaban J connectivity index is 1.68. The molecule has 1 aliphatic carbocycles. The predicted molar refractivity (Wildman–Crippen MR) is 157 cm³/mol. The quantitative estimate of drug-likeness (QED) is 0.244. The highest BCUT2D eigenvalue weighted by atomic mass is 32.2. The fourth-order valence-corrected chi connectivity index (χ4v) is 6.33. The maximum absolute atomic E-state index is 14.0. The van der Waals surface area contributed by atoms with Crippen LogP contribution in [-0.2, 0) is 26.2 Å². The molecule has 0 spiro atoms. The smallest absolute Gasteiger partial charge is 0.269 e. The molecule has 0 aliphatic heterocycles. The number of nitro groups is 1. The zero-order valence-corrected chi connectivity index (χ0v) is 24.3. The molecule has 1 aliphatic rings. The third-order valence-electron chi connectivity index (χ3n) is 7.34. The summed E-state index contributed by atoms with van der Waals surface area (Å²) >= 11 is 0. The van der Waals surface area contributed by atoms with Gasteiger partial charge in [0.2, 0.25) is 11.8 Å². The molecule has 0 bridgehead atoms. The second kappa shape index (κ2) is 13.5. The Labute approximate surface area is 245 Å². The van der Waals surface area contributed by atoms with Gasteiger partial charge in [-0.25, -0.2) is 8.42 Å². The number of ether oxygens (including phenoxy) is 1. The van der Waals surface area contributed by atoms with E-state index < -0.39 is 33.4 Å². The number of hydrogen-bond donors (Lipinski definition) is 1. The summed E-state index contributed by atoms with van der Waals surface area (Å²) in [6.45, 7) is 1.03. The van der Waals surface area contributed by atoms with Crippen LogP contribution in [0.2, 0.25) is 0 Å². The second-order valence-electron chi connectivity index (χ2n) is 10.1. The van der Waals surface area contributed by atoms with Crippen LogP contribution >= 0.6 is 0 Å². The average molecular weight is 595 g/mol. The van der Waals surface area contributed by atoms with Crippen LogP contribution < -0.4 is 14.4 Å². The van der Waals surface area contributed by atoms with Crippen molar-refractivity contribution in [3.63, 3.8) is 0 Å². The van der Waals surface area contributed by atoms with E-state index in [9.17, 15) is 28.1 Å². The first-order chi connectivity index (χ1) is 20.1. The largest absolute Gasteiger partial charge is 0.497 e. The van der Waals surface area contributed by atoms with Gasteiger partial charge in [0.05, 0.1) is 22.6 Å². The molecule has 0 aromatic heterocycles. The van der Waals surface area contributed by atoms with E-state index in [1.165, 1.54) is 41.3 Å². The number of anilines is 1. The number of hydrogen-bond acceptors (Lipinski definition) is 7. The molecule has 222 valence electrons. The highest BCUT2D eigenvalue weighted by Gasteiger charge is 2.33. The second-order valence-corrected chi connectivity index (χ2v) is 12.0. The van der Waals surface area contributed by atoms with Crippen molar-refractivity contribution in [2.75, 3.05) is 18.0 Å². The summed E-state index contributed by atoms with van der Waals surface area (Å²) in [5, 5.41) is 14.2. The Bertz CT molecular complexity index is 1490. The van der Waals surface area contributed by atoms with Gasteiger partial charge < -0.3 is 15.0 Å².